The van der Waals surface area contributed by atoms with Gasteiger partial charge in [-0.2, -0.15) is 0 Å². The number of rotatable bonds is 5. The van der Waals surface area contributed by atoms with E-state index in [9.17, 15) is 9.90 Å². The molecule has 2 aromatic carbocycles. The number of nitrogens with zero attached hydrogens (tertiary/aromatic N) is 4. The van der Waals surface area contributed by atoms with Crippen LogP contribution in [0.2, 0.25) is 5.02 Å². The maximum atomic E-state index is 11.7. The topological polar surface area (TPSA) is 80.9 Å². The molecule has 0 aliphatic carbocycles. The maximum absolute atomic E-state index is 11.7. The predicted octanol–water partition coefficient (Wildman–Crippen LogP) is 2.86. The average molecular weight is 329 g/mol. The lowest BCUT2D eigenvalue weighted by Crippen LogP contribution is -2.23. The molecule has 0 saturated carbocycles. The zero-order chi connectivity index (χ0) is 16.2. The Labute approximate surface area is 137 Å². The van der Waals surface area contributed by atoms with E-state index >= 15 is 0 Å². The Balaban J connectivity index is 1.97. The fourth-order valence-electron chi connectivity index (χ4n) is 2.31. The first-order chi connectivity index (χ1) is 11.1. The first-order valence-corrected chi connectivity index (χ1v) is 7.33. The highest BCUT2D eigenvalue weighted by atomic mass is 35.5. The number of carboxylic acids is 1. The number of benzene rings is 2. The zero-order valence-corrected chi connectivity index (χ0v) is 12.8. The van der Waals surface area contributed by atoms with E-state index in [1.54, 1.807) is 24.3 Å². The molecule has 7 heteroatoms. The molecule has 1 unspecified atom stereocenters. The fourth-order valence-corrected chi connectivity index (χ4v) is 2.43. The Morgan fingerprint density at radius 2 is 1.83 bits per heavy atom. The SMILES string of the molecule is O=C(O)C(Cc1ccccc1)n1nnnc1-c1ccc(Cl)cc1. The van der Waals surface area contributed by atoms with Crippen LogP contribution in [-0.4, -0.2) is 31.3 Å². The Kier molecular flexibility index (Phi) is 4.34. The van der Waals surface area contributed by atoms with Crippen molar-refractivity contribution in [3.63, 3.8) is 0 Å². The molecule has 0 bridgehead atoms. The summed E-state index contributed by atoms with van der Waals surface area (Å²) in [6.45, 7) is 0. The van der Waals surface area contributed by atoms with E-state index in [1.807, 2.05) is 30.3 Å². The van der Waals surface area contributed by atoms with Gasteiger partial charge in [0.05, 0.1) is 0 Å². The number of aliphatic carboxylic acids is 1. The van der Waals surface area contributed by atoms with Crippen LogP contribution >= 0.6 is 11.6 Å². The second kappa shape index (κ2) is 6.58. The third kappa shape index (κ3) is 3.37. The molecule has 0 saturated heterocycles. The maximum Gasteiger partial charge on any atom is 0.329 e. The van der Waals surface area contributed by atoms with Gasteiger partial charge in [0.2, 0.25) is 0 Å². The van der Waals surface area contributed by atoms with Crippen LogP contribution in [0.25, 0.3) is 11.4 Å². The van der Waals surface area contributed by atoms with Crippen LogP contribution in [0.15, 0.2) is 54.6 Å². The second-order valence-corrected chi connectivity index (χ2v) is 5.43. The molecule has 0 aliphatic heterocycles. The van der Waals surface area contributed by atoms with E-state index in [0.29, 0.717) is 22.8 Å². The summed E-state index contributed by atoms with van der Waals surface area (Å²) >= 11 is 5.88. The summed E-state index contributed by atoms with van der Waals surface area (Å²) in [6, 6.07) is 15.4. The molecule has 1 heterocycles. The van der Waals surface area contributed by atoms with Crippen molar-refractivity contribution in [1.29, 1.82) is 0 Å². The summed E-state index contributed by atoms with van der Waals surface area (Å²) in [5, 5.41) is 21.6. The van der Waals surface area contributed by atoms with E-state index in [1.165, 1.54) is 4.68 Å². The minimum atomic E-state index is -0.989. The van der Waals surface area contributed by atoms with Crippen LogP contribution in [0.4, 0.5) is 0 Å². The summed E-state index contributed by atoms with van der Waals surface area (Å²) in [4.78, 5) is 11.7. The third-order valence-electron chi connectivity index (χ3n) is 3.45. The highest BCUT2D eigenvalue weighted by Crippen LogP contribution is 2.23. The van der Waals surface area contributed by atoms with E-state index in [4.69, 9.17) is 11.6 Å². The standard InChI is InChI=1S/C16H13ClN4O2/c17-13-8-6-12(7-9-13)15-18-19-20-21(15)14(16(22)23)10-11-4-2-1-3-5-11/h1-9,14H,10H2,(H,22,23). The van der Waals surface area contributed by atoms with Crippen molar-refractivity contribution in [1.82, 2.24) is 20.2 Å². The van der Waals surface area contributed by atoms with Gasteiger partial charge < -0.3 is 5.11 Å². The van der Waals surface area contributed by atoms with E-state index in [0.717, 1.165) is 5.56 Å². The lowest BCUT2D eigenvalue weighted by Gasteiger charge is -2.14. The Bertz CT molecular complexity index is 802. The fraction of sp³-hybridized carbons (Fsp3) is 0.125. The van der Waals surface area contributed by atoms with Crippen molar-refractivity contribution in [3.8, 4) is 11.4 Å². The van der Waals surface area contributed by atoms with Gasteiger partial charge in [0, 0.05) is 17.0 Å². The van der Waals surface area contributed by atoms with Gasteiger partial charge in [-0.25, -0.2) is 9.48 Å². The molecule has 6 nitrogen and oxygen atoms in total. The lowest BCUT2D eigenvalue weighted by molar-refractivity contribution is -0.141. The zero-order valence-electron chi connectivity index (χ0n) is 12.0. The number of halogens is 1. The van der Waals surface area contributed by atoms with Crippen molar-refractivity contribution >= 4 is 17.6 Å². The number of carbonyl (C=O) groups is 1. The van der Waals surface area contributed by atoms with Crippen molar-refractivity contribution in [2.24, 2.45) is 0 Å². The molecule has 3 rings (SSSR count). The number of carboxylic acid groups (broad SMARTS) is 1. The monoisotopic (exact) mass is 328 g/mol. The normalized spacial score (nSPS) is 12.0. The van der Waals surface area contributed by atoms with Crippen molar-refractivity contribution in [2.45, 2.75) is 12.5 Å². The molecule has 0 amide bonds. The molecule has 3 aromatic rings. The molecule has 0 radical (unpaired) electrons. The third-order valence-corrected chi connectivity index (χ3v) is 3.70. The van der Waals surface area contributed by atoms with Crippen molar-refractivity contribution < 1.29 is 9.90 Å². The molecule has 116 valence electrons. The number of tetrazole rings is 1. The quantitative estimate of drug-likeness (QED) is 0.779. The van der Waals surface area contributed by atoms with E-state index < -0.39 is 12.0 Å². The lowest BCUT2D eigenvalue weighted by atomic mass is 10.1. The van der Waals surface area contributed by atoms with Crippen LogP contribution in [0.3, 0.4) is 0 Å². The smallest absolute Gasteiger partial charge is 0.329 e. The first kappa shape index (κ1) is 15.2. The van der Waals surface area contributed by atoms with Crippen LogP contribution in [0.1, 0.15) is 11.6 Å². The molecule has 1 atom stereocenters. The van der Waals surface area contributed by atoms with Crippen LogP contribution in [0, 0.1) is 0 Å². The van der Waals surface area contributed by atoms with Crippen LogP contribution in [0.5, 0.6) is 0 Å². The predicted molar refractivity (Wildman–Crippen MR) is 85.1 cm³/mol. The molecule has 0 aliphatic rings. The summed E-state index contributed by atoms with van der Waals surface area (Å²) in [7, 11) is 0. The number of aromatic nitrogens is 4. The second-order valence-electron chi connectivity index (χ2n) is 5.00. The van der Waals surface area contributed by atoms with E-state index in [-0.39, 0.29) is 0 Å². The average Bonchev–Trinajstić information content (AvgIpc) is 3.03. The molecular formula is C16H13ClN4O2. The molecule has 0 fully saturated rings. The Hall–Kier alpha value is -2.73. The first-order valence-electron chi connectivity index (χ1n) is 6.95. The van der Waals surface area contributed by atoms with E-state index in [2.05, 4.69) is 15.5 Å². The van der Waals surface area contributed by atoms with Gasteiger partial charge in [0.1, 0.15) is 0 Å². The van der Waals surface area contributed by atoms with Crippen molar-refractivity contribution in [2.75, 3.05) is 0 Å². The summed E-state index contributed by atoms with van der Waals surface area (Å²) < 4.78 is 1.33. The molecular weight excluding hydrogens is 316 g/mol. The van der Waals surface area contributed by atoms with Gasteiger partial charge in [0.25, 0.3) is 0 Å². The minimum absolute atomic E-state index is 0.293. The highest BCUT2D eigenvalue weighted by Gasteiger charge is 2.25. The number of hydrogen-bond acceptors (Lipinski definition) is 4. The molecule has 1 N–H and O–H groups in total. The molecule has 0 spiro atoms. The van der Waals surface area contributed by atoms with Gasteiger partial charge in [-0.3, -0.25) is 0 Å². The summed E-state index contributed by atoms with van der Waals surface area (Å²) in [6.07, 6.45) is 0.293. The van der Waals surface area contributed by atoms with Gasteiger partial charge in [-0.1, -0.05) is 41.9 Å². The van der Waals surface area contributed by atoms with Crippen LogP contribution < -0.4 is 0 Å². The van der Waals surface area contributed by atoms with Crippen molar-refractivity contribution in [3.05, 3.63) is 65.2 Å². The highest BCUT2D eigenvalue weighted by molar-refractivity contribution is 6.30. The van der Waals surface area contributed by atoms with Gasteiger partial charge in [-0.05, 0) is 40.3 Å². The van der Waals surface area contributed by atoms with Gasteiger partial charge in [-0.15, -0.1) is 5.10 Å². The molecule has 23 heavy (non-hydrogen) atoms. The summed E-state index contributed by atoms with van der Waals surface area (Å²) in [5.41, 5.74) is 1.61. The van der Waals surface area contributed by atoms with Gasteiger partial charge >= 0.3 is 5.97 Å². The summed E-state index contributed by atoms with van der Waals surface area (Å²) in [5.74, 6) is -0.596. The van der Waals surface area contributed by atoms with Gasteiger partial charge in [0.15, 0.2) is 11.9 Å². The Morgan fingerprint density at radius 1 is 1.13 bits per heavy atom. The van der Waals surface area contributed by atoms with Crippen LogP contribution in [-0.2, 0) is 11.2 Å². The number of hydrogen-bond donors (Lipinski definition) is 1. The largest absolute Gasteiger partial charge is 0.480 e. The Morgan fingerprint density at radius 3 is 2.48 bits per heavy atom. The molecule has 1 aromatic heterocycles. The minimum Gasteiger partial charge on any atom is -0.480 e.